The van der Waals surface area contributed by atoms with Crippen LogP contribution in [0.2, 0.25) is 0 Å². The number of anilines is 1. The van der Waals surface area contributed by atoms with E-state index in [2.05, 4.69) is 15.0 Å². The van der Waals surface area contributed by atoms with E-state index in [0.717, 1.165) is 0 Å². The molecule has 10 nitrogen and oxygen atoms in total. The van der Waals surface area contributed by atoms with Gasteiger partial charge in [0.05, 0.1) is 12.9 Å². The normalized spacial score (nSPS) is 30.1. The summed E-state index contributed by atoms with van der Waals surface area (Å²) >= 11 is 0. The van der Waals surface area contributed by atoms with Crippen LogP contribution < -0.4 is 11.4 Å². The van der Waals surface area contributed by atoms with Crippen LogP contribution in [0, 0.1) is 0 Å². The Labute approximate surface area is 111 Å². The average molecular weight is 283 g/mol. The van der Waals surface area contributed by atoms with Gasteiger partial charge in [0.1, 0.15) is 29.6 Å². The molecule has 0 spiro atoms. The van der Waals surface area contributed by atoms with Crippen molar-refractivity contribution >= 4 is 17.0 Å². The summed E-state index contributed by atoms with van der Waals surface area (Å²) in [5, 5.41) is 28.7. The summed E-state index contributed by atoms with van der Waals surface area (Å²) in [5.74, 6) is 0.0468. The number of ether oxygens (including phenoxy) is 1. The molecule has 1 aliphatic rings. The van der Waals surface area contributed by atoms with Gasteiger partial charge in [0.25, 0.3) is 0 Å². The van der Waals surface area contributed by atoms with E-state index < -0.39 is 36.8 Å². The molecule has 6 N–H and O–H groups in total. The van der Waals surface area contributed by atoms with Crippen LogP contribution in [0.25, 0.3) is 11.2 Å². The van der Waals surface area contributed by atoms with Gasteiger partial charge in [-0.3, -0.25) is 9.55 Å². The maximum atomic E-state index is 11.4. The number of nitrogens with zero attached hydrogens (tertiary/aromatic N) is 3. The van der Waals surface area contributed by atoms with Crippen molar-refractivity contribution in [2.45, 2.75) is 24.5 Å². The highest BCUT2D eigenvalue weighted by Crippen LogP contribution is 2.31. The fraction of sp³-hybridized carbons (Fsp3) is 0.500. The summed E-state index contributed by atoms with van der Waals surface area (Å²) in [4.78, 5) is 21.4. The number of imidazole rings is 1. The number of nitrogens with one attached hydrogen (secondary N) is 1. The van der Waals surface area contributed by atoms with Gasteiger partial charge in [0.2, 0.25) is 0 Å². The van der Waals surface area contributed by atoms with E-state index in [9.17, 15) is 15.0 Å². The molecule has 0 radical (unpaired) electrons. The van der Waals surface area contributed by atoms with Crippen LogP contribution in [0.5, 0.6) is 0 Å². The van der Waals surface area contributed by atoms with E-state index in [1.807, 2.05) is 0 Å². The zero-order valence-electron chi connectivity index (χ0n) is 10.2. The largest absolute Gasteiger partial charge is 0.394 e. The second-order valence-electron chi connectivity index (χ2n) is 4.51. The minimum absolute atomic E-state index is 0.0468. The molecule has 0 saturated carbocycles. The maximum absolute atomic E-state index is 11.4. The molecule has 108 valence electrons. The zero-order valence-corrected chi connectivity index (χ0v) is 10.2. The first kappa shape index (κ1) is 13.0. The quantitative estimate of drug-likeness (QED) is 0.398. The smallest absolute Gasteiger partial charge is 0.348 e. The molecule has 0 amide bonds. The fourth-order valence-corrected chi connectivity index (χ4v) is 2.25. The van der Waals surface area contributed by atoms with Crippen LogP contribution in [0.1, 0.15) is 6.23 Å². The Morgan fingerprint density at radius 1 is 1.45 bits per heavy atom. The van der Waals surface area contributed by atoms with Crippen LogP contribution in [0.15, 0.2) is 11.1 Å². The van der Waals surface area contributed by atoms with Crippen molar-refractivity contribution in [3.05, 3.63) is 16.8 Å². The molecule has 1 saturated heterocycles. The Hall–Kier alpha value is -2.01. The number of hydrogen-bond acceptors (Lipinski definition) is 8. The molecule has 3 heterocycles. The third kappa shape index (κ3) is 1.78. The van der Waals surface area contributed by atoms with Crippen LogP contribution in [-0.4, -0.2) is 59.8 Å². The van der Waals surface area contributed by atoms with Gasteiger partial charge in [-0.1, -0.05) is 0 Å². The van der Waals surface area contributed by atoms with Crippen molar-refractivity contribution in [1.29, 1.82) is 0 Å². The van der Waals surface area contributed by atoms with Crippen molar-refractivity contribution < 1.29 is 20.1 Å². The number of aliphatic hydroxyl groups excluding tert-OH is 3. The molecular weight excluding hydrogens is 270 g/mol. The lowest BCUT2D eigenvalue weighted by molar-refractivity contribution is -0.0511. The van der Waals surface area contributed by atoms with Gasteiger partial charge in [0.15, 0.2) is 11.9 Å². The van der Waals surface area contributed by atoms with Gasteiger partial charge in [-0.15, -0.1) is 0 Å². The first-order valence-corrected chi connectivity index (χ1v) is 5.87. The van der Waals surface area contributed by atoms with E-state index in [-0.39, 0.29) is 17.0 Å². The second-order valence-corrected chi connectivity index (χ2v) is 4.51. The van der Waals surface area contributed by atoms with Crippen LogP contribution in [-0.2, 0) is 4.74 Å². The molecule has 2 aromatic heterocycles. The lowest BCUT2D eigenvalue weighted by Crippen LogP contribution is -2.33. The SMILES string of the molecule is Nc1[nH]c(=O)nc2c1ncn2[C@H]1O[C@H](CO)[C@H](O)[C@@H]1O. The standard InChI is InChI=1S/C10H13N5O5/c11-7-4-8(14-10(19)13-7)15(2-12-4)9-6(18)5(17)3(1-16)20-9/h2-3,5-6,9,16-18H,1H2,(H3,11,13,14,19)/t3-,5+,6+,9+/m1/s1. The Bertz CT molecular complexity index is 697. The lowest BCUT2D eigenvalue weighted by atomic mass is 10.1. The Morgan fingerprint density at radius 3 is 2.85 bits per heavy atom. The van der Waals surface area contributed by atoms with E-state index in [1.165, 1.54) is 10.9 Å². The van der Waals surface area contributed by atoms with Crippen LogP contribution >= 0.6 is 0 Å². The van der Waals surface area contributed by atoms with E-state index in [1.54, 1.807) is 0 Å². The van der Waals surface area contributed by atoms with Crippen LogP contribution in [0.4, 0.5) is 5.82 Å². The Balaban J connectivity index is 2.09. The minimum atomic E-state index is -1.29. The van der Waals surface area contributed by atoms with E-state index in [4.69, 9.17) is 15.6 Å². The molecule has 0 bridgehead atoms. The van der Waals surface area contributed by atoms with Gasteiger partial charge < -0.3 is 25.8 Å². The number of fused-ring (bicyclic) bond motifs is 1. The molecule has 0 unspecified atom stereocenters. The zero-order chi connectivity index (χ0) is 14.4. The fourth-order valence-electron chi connectivity index (χ4n) is 2.25. The number of aliphatic hydroxyl groups is 3. The highest BCUT2D eigenvalue weighted by molar-refractivity contribution is 5.81. The highest BCUT2D eigenvalue weighted by atomic mass is 16.6. The predicted octanol–water partition coefficient (Wildman–Crippen LogP) is -2.69. The third-order valence-electron chi connectivity index (χ3n) is 3.26. The number of nitrogens with two attached hydrogens (primary N) is 1. The molecule has 3 rings (SSSR count). The number of aromatic amines is 1. The molecule has 1 fully saturated rings. The summed E-state index contributed by atoms with van der Waals surface area (Å²) in [6.45, 7) is -0.447. The van der Waals surface area contributed by atoms with E-state index in [0.29, 0.717) is 0 Å². The molecule has 10 heteroatoms. The van der Waals surface area contributed by atoms with Crippen LogP contribution in [0.3, 0.4) is 0 Å². The van der Waals surface area contributed by atoms with Gasteiger partial charge in [-0.2, -0.15) is 4.98 Å². The first-order valence-electron chi connectivity index (χ1n) is 5.87. The number of hydrogen-bond donors (Lipinski definition) is 5. The van der Waals surface area contributed by atoms with Gasteiger partial charge >= 0.3 is 5.69 Å². The molecule has 1 aliphatic heterocycles. The molecule has 20 heavy (non-hydrogen) atoms. The van der Waals surface area contributed by atoms with Gasteiger partial charge in [-0.05, 0) is 0 Å². The first-order chi connectivity index (χ1) is 9.52. The number of aromatic nitrogens is 4. The van der Waals surface area contributed by atoms with Crippen molar-refractivity contribution in [2.24, 2.45) is 0 Å². The number of rotatable bonds is 2. The third-order valence-corrected chi connectivity index (χ3v) is 3.26. The monoisotopic (exact) mass is 283 g/mol. The van der Waals surface area contributed by atoms with Crippen molar-refractivity contribution in [3.63, 3.8) is 0 Å². The van der Waals surface area contributed by atoms with Crippen molar-refractivity contribution in [1.82, 2.24) is 19.5 Å². The summed E-state index contributed by atoms with van der Waals surface area (Å²) in [6.07, 6.45) is -3.18. The summed E-state index contributed by atoms with van der Waals surface area (Å²) in [5.41, 5.74) is 5.34. The maximum Gasteiger partial charge on any atom is 0.348 e. The number of H-pyrrole nitrogens is 1. The Morgan fingerprint density at radius 2 is 2.20 bits per heavy atom. The summed E-state index contributed by atoms with van der Waals surface area (Å²) < 4.78 is 6.64. The molecule has 2 aromatic rings. The lowest BCUT2D eigenvalue weighted by Gasteiger charge is -2.16. The predicted molar refractivity (Wildman–Crippen MR) is 65.6 cm³/mol. The number of nitrogen functional groups attached to an aromatic ring is 1. The highest BCUT2D eigenvalue weighted by Gasteiger charge is 2.44. The Kier molecular flexibility index (Phi) is 2.94. The summed E-state index contributed by atoms with van der Waals surface area (Å²) in [6, 6.07) is 0. The second kappa shape index (κ2) is 4.52. The molecule has 0 aromatic carbocycles. The van der Waals surface area contributed by atoms with Crippen molar-refractivity contribution in [2.75, 3.05) is 12.3 Å². The average Bonchev–Trinajstić information content (AvgIpc) is 2.93. The van der Waals surface area contributed by atoms with Crippen molar-refractivity contribution in [3.8, 4) is 0 Å². The summed E-state index contributed by atoms with van der Waals surface area (Å²) in [7, 11) is 0. The van der Waals surface area contributed by atoms with E-state index >= 15 is 0 Å². The molecular formula is C10H13N5O5. The minimum Gasteiger partial charge on any atom is -0.394 e. The topological polar surface area (TPSA) is 160 Å². The van der Waals surface area contributed by atoms with Gasteiger partial charge in [-0.25, -0.2) is 9.78 Å². The van der Waals surface area contributed by atoms with Gasteiger partial charge in [0, 0.05) is 0 Å². The molecule has 4 atom stereocenters. The molecule has 0 aliphatic carbocycles.